The van der Waals surface area contributed by atoms with Crippen LogP contribution in [0.2, 0.25) is 0 Å². The van der Waals surface area contributed by atoms with Crippen LogP contribution in [0.5, 0.6) is 0 Å². The van der Waals surface area contributed by atoms with Crippen molar-refractivity contribution in [3.05, 3.63) is 0 Å². The highest BCUT2D eigenvalue weighted by Crippen LogP contribution is 2.54. The second kappa shape index (κ2) is 5.87. The number of hydrogen-bond acceptors (Lipinski definition) is 2. The maximum atomic E-state index is 11.5. The quantitative estimate of drug-likeness (QED) is 0.694. The maximum Gasteiger partial charge on any atom is 0.146 e. The summed E-state index contributed by atoms with van der Waals surface area (Å²) < 4.78 is 6.02. The van der Waals surface area contributed by atoms with Gasteiger partial charge in [-0.1, -0.05) is 41.5 Å². The molecule has 0 saturated heterocycles. The van der Waals surface area contributed by atoms with E-state index in [2.05, 4.69) is 41.5 Å². The first kappa shape index (κ1) is 15.9. The fourth-order valence-electron chi connectivity index (χ4n) is 4.40. The lowest BCUT2D eigenvalue weighted by atomic mass is 9.51. The molecule has 0 aromatic carbocycles. The molecule has 1 fully saturated rings. The fraction of sp³-hybridized carbons (Fsp3) is 0.933. The van der Waals surface area contributed by atoms with Gasteiger partial charge in [0.05, 0.1) is 6.10 Å². The first-order valence-corrected chi connectivity index (χ1v) is 8.14. The number of ketones is 1. The van der Waals surface area contributed by atoms with Crippen LogP contribution in [0.25, 0.3) is 0 Å². The van der Waals surface area contributed by atoms with Gasteiger partial charge in [0.2, 0.25) is 0 Å². The van der Waals surface area contributed by atoms with Crippen LogP contribution in [0.4, 0.5) is 0 Å². The number of carbonyl (C=O) groups excluding carboxylic acids is 1. The zero-order valence-corrected chi connectivity index (χ0v) is 15.1. The third-order valence-corrected chi connectivity index (χ3v) is 5.52. The summed E-state index contributed by atoms with van der Waals surface area (Å²) in [7, 11) is 0.775. The van der Waals surface area contributed by atoms with Crippen molar-refractivity contribution >= 4 is 16.3 Å². The Kier molecular flexibility index (Phi) is 5.19. The van der Waals surface area contributed by atoms with Gasteiger partial charge in [-0.25, -0.2) is 0 Å². The Morgan fingerprint density at radius 3 is 1.78 bits per heavy atom. The van der Waals surface area contributed by atoms with Crippen molar-refractivity contribution in [3.63, 3.8) is 0 Å². The second-order valence-electron chi connectivity index (χ2n) is 6.85. The predicted molar refractivity (Wildman–Crippen MR) is 79.5 cm³/mol. The summed E-state index contributed by atoms with van der Waals surface area (Å²) in [6.07, 6.45) is 1.83. The normalized spacial score (nSPS) is 19.9. The molecule has 18 heavy (non-hydrogen) atoms. The van der Waals surface area contributed by atoms with E-state index >= 15 is 0 Å². The van der Waals surface area contributed by atoms with Gasteiger partial charge in [-0.05, 0) is 23.7 Å². The van der Waals surface area contributed by atoms with Crippen molar-refractivity contribution < 1.29 is 9.22 Å². The van der Waals surface area contributed by atoms with E-state index in [4.69, 9.17) is 4.43 Å². The van der Waals surface area contributed by atoms with Crippen LogP contribution in [0.1, 0.15) is 54.4 Å². The average molecular weight is 270 g/mol. The van der Waals surface area contributed by atoms with Crippen LogP contribution in [-0.2, 0) is 9.22 Å². The molecule has 2 nitrogen and oxygen atoms in total. The molecule has 1 atom stereocenters. The van der Waals surface area contributed by atoms with Crippen molar-refractivity contribution in [3.8, 4) is 0 Å². The van der Waals surface area contributed by atoms with E-state index in [0.717, 1.165) is 23.3 Å². The Hall–Kier alpha value is -0.153. The number of hydrogen-bond donors (Lipinski definition) is 0. The summed E-state index contributed by atoms with van der Waals surface area (Å²) in [6.45, 7) is 13.7. The lowest BCUT2D eigenvalue weighted by Crippen LogP contribution is -2.56. The molecule has 0 radical (unpaired) electrons. The van der Waals surface area contributed by atoms with Gasteiger partial charge in [0, 0.05) is 18.3 Å². The molecule has 1 saturated carbocycles. The maximum absolute atomic E-state index is 11.5. The average Bonchev–Trinajstić information content (AvgIpc) is 2.20. The fourth-order valence-corrected chi connectivity index (χ4v) is 5.35. The van der Waals surface area contributed by atoms with Gasteiger partial charge < -0.3 is 4.43 Å². The third kappa shape index (κ3) is 2.44. The molecule has 0 aliphatic heterocycles. The first-order valence-electron chi connectivity index (χ1n) is 7.32. The lowest BCUT2D eigenvalue weighted by Gasteiger charge is -2.56. The molecule has 1 rings (SSSR count). The van der Waals surface area contributed by atoms with Gasteiger partial charge in [-0.15, -0.1) is 0 Å². The highest BCUT2D eigenvalue weighted by molar-refractivity contribution is 5.98. The standard InChI is InChI=1S/C15H30O2Si/c1-9(2)14(17-18)15(10(3)4,11(5)6)12-7-13(16)8-12/h9-12,14H,7-8H2,1-6,18H3. The molecule has 1 unspecified atom stereocenters. The molecular weight excluding hydrogens is 240 g/mol. The minimum absolute atomic E-state index is 0.157. The topological polar surface area (TPSA) is 26.3 Å². The summed E-state index contributed by atoms with van der Waals surface area (Å²) in [5.41, 5.74) is 0.157. The predicted octanol–water partition coefficient (Wildman–Crippen LogP) is 2.59. The van der Waals surface area contributed by atoms with Crippen molar-refractivity contribution in [2.75, 3.05) is 0 Å². The molecule has 0 heterocycles. The summed E-state index contributed by atoms with van der Waals surface area (Å²) in [5.74, 6) is 2.57. The highest BCUT2D eigenvalue weighted by Gasteiger charge is 2.54. The Labute approximate surface area is 115 Å². The molecule has 3 heteroatoms. The molecular formula is C15H30O2Si. The van der Waals surface area contributed by atoms with E-state index in [-0.39, 0.29) is 5.41 Å². The van der Waals surface area contributed by atoms with Gasteiger partial charge in [0.15, 0.2) is 0 Å². The summed E-state index contributed by atoms with van der Waals surface area (Å²) in [4.78, 5) is 11.5. The number of carbonyl (C=O) groups is 1. The van der Waals surface area contributed by atoms with Gasteiger partial charge >= 0.3 is 0 Å². The second-order valence-corrected chi connectivity index (χ2v) is 7.32. The van der Waals surface area contributed by atoms with Gasteiger partial charge in [0.1, 0.15) is 16.3 Å². The van der Waals surface area contributed by atoms with Crippen molar-refractivity contribution in [1.29, 1.82) is 0 Å². The molecule has 0 aromatic heterocycles. The molecule has 0 spiro atoms. The largest absolute Gasteiger partial charge is 0.424 e. The highest BCUT2D eigenvalue weighted by atomic mass is 28.2. The van der Waals surface area contributed by atoms with Crippen LogP contribution in [-0.4, -0.2) is 22.4 Å². The molecule has 0 bridgehead atoms. The Balaban J connectivity index is 3.16. The molecule has 0 N–H and O–H groups in total. The summed E-state index contributed by atoms with van der Waals surface area (Å²) >= 11 is 0. The number of Topliss-reactive ketones (excluding diaryl/α,β-unsaturated/α-hetero) is 1. The lowest BCUT2D eigenvalue weighted by molar-refractivity contribution is -0.149. The molecule has 1 aliphatic rings. The van der Waals surface area contributed by atoms with Crippen LogP contribution in [0.3, 0.4) is 0 Å². The van der Waals surface area contributed by atoms with Gasteiger partial charge in [-0.3, -0.25) is 4.79 Å². The van der Waals surface area contributed by atoms with Crippen LogP contribution < -0.4 is 0 Å². The molecule has 0 amide bonds. The molecule has 0 aromatic rings. The van der Waals surface area contributed by atoms with Crippen molar-refractivity contribution in [2.24, 2.45) is 29.1 Å². The zero-order chi connectivity index (χ0) is 14.1. The van der Waals surface area contributed by atoms with Crippen molar-refractivity contribution in [1.82, 2.24) is 0 Å². The Morgan fingerprint density at radius 1 is 1.11 bits per heavy atom. The van der Waals surface area contributed by atoms with Gasteiger partial charge in [0.25, 0.3) is 0 Å². The third-order valence-electron chi connectivity index (χ3n) is 5.01. The van der Waals surface area contributed by atoms with Crippen LogP contribution >= 0.6 is 0 Å². The van der Waals surface area contributed by atoms with Gasteiger partial charge in [-0.2, -0.15) is 0 Å². The van der Waals surface area contributed by atoms with E-state index in [1.165, 1.54) is 0 Å². The number of rotatable bonds is 6. The van der Waals surface area contributed by atoms with Crippen molar-refractivity contribution in [2.45, 2.75) is 60.5 Å². The Morgan fingerprint density at radius 2 is 1.56 bits per heavy atom. The minimum Gasteiger partial charge on any atom is -0.424 e. The van der Waals surface area contributed by atoms with Crippen LogP contribution in [0, 0.1) is 29.1 Å². The van der Waals surface area contributed by atoms with E-state index < -0.39 is 0 Å². The monoisotopic (exact) mass is 270 g/mol. The minimum atomic E-state index is 0.157. The van der Waals surface area contributed by atoms with E-state index in [0.29, 0.717) is 35.6 Å². The Bertz CT molecular complexity index is 281. The molecule has 106 valence electrons. The summed E-state index contributed by atoms with van der Waals surface area (Å²) in [6, 6.07) is 0. The van der Waals surface area contributed by atoms with E-state index in [1.54, 1.807) is 0 Å². The smallest absolute Gasteiger partial charge is 0.146 e. The zero-order valence-electron chi connectivity index (χ0n) is 13.1. The molecule has 1 aliphatic carbocycles. The van der Waals surface area contributed by atoms with Crippen LogP contribution in [0.15, 0.2) is 0 Å². The first-order chi connectivity index (χ1) is 8.28. The van der Waals surface area contributed by atoms with E-state index in [1.807, 2.05) is 0 Å². The van der Waals surface area contributed by atoms with E-state index in [9.17, 15) is 4.79 Å². The summed E-state index contributed by atoms with van der Waals surface area (Å²) in [5, 5.41) is 0. The SMILES string of the molecule is CC(C)C(O[SiH3])C(C(C)C)(C(C)C)C1CC(=O)C1.